The standard InChI is InChI=1S/C14H14F3NO4/c1-9-4-5-11(22-9)13(20,14(15,16)17)6-7-18-12(19)10-3-2-8-21-10/h2-5,8,20H,6-7H2,1H3,(H,18,19)/t13-/m0/s1. The van der Waals surface area contributed by atoms with Gasteiger partial charge in [-0.05, 0) is 31.2 Å². The van der Waals surface area contributed by atoms with E-state index in [1.807, 2.05) is 0 Å². The van der Waals surface area contributed by atoms with Gasteiger partial charge in [0.15, 0.2) is 5.76 Å². The number of rotatable bonds is 5. The Bertz CT molecular complexity index is 633. The highest BCUT2D eigenvalue weighted by molar-refractivity contribution is 5.91. The fourth-order valence-corrected chi connectivity index (χ4v) is 1.91. The molecule has 2 aromatic rings. The molecule has 22 heavy (non-hydrogen) atoms. The van der Waals surface area contributed by atoms with Crippen molar-refractivity contribution in [2.45, 2.75) is 25.1 Å². The van der Waals surface area contributed by atoms with E-state index in [0.717, 1.165) is 6.07 Å². The van der Waals surface area contributed by atoms with Crippen LogP contribution in [0.2, 0.25) is 0 Å². The molecule has 0 aliphatic heterocycles. The second-order valence-corrected chi connectivity index (χ2v) is 4.75. The molecule has 120 valence electrons. The first-order valence-corrected chi connectivity index (χ1v) is 6.42. The molecule has 0 aromatic carbocycles. The van der Waals surface area contributed by atoms with Crippen LogP contribution >= 0.6 is 0 Å². The van der Waals surface area contributed by atoms with Crippen molar-refractivity contribution >= 4 is 5.91 Å². The second-order valence-electron chi connectivity index (χ2n) is 4.75. The van der Waals surface area contributed by atoms with E-state index in [1.54, 1.807) is 0 Å². The van der Waals surface area contributed by atoms with Crippen LogP contribution in [0.15, 0.2) is 39.4 Å². The fourth-order valence-electron chi connectivity index (χ4n) is 1.91. The highest BCUT2D eigenvalue weighted by Crippen LogP contribution is 2.41. The number of alkyl halides is 3. The molecule has 5 nitrogen and oxygen atoms in total. The number of halogens is 3. The number of amides is 1. The van der Waals surface area contributed by atoms with Crippen LogP contribution in [0.25, 0.3) is 0 Å². The molecule has 8 heteroatoms. The maximum atomic E-state index is 13.2. The van der Waals surface area contributed by atoms with Crippen LogP contribution < -0.4 is 5.32 Å². The summed E-state index contributed by atoms with van der Waals surface area (Å²) in [5.41, 5.74) is -3.17. The zero-order chi connectivity index (χ0) is 16.4. The smallest absolute Gasteiger partial charge is 0.424 e. The first kappa shape index (κ1) is 16.2. The van der Waals surface area contributed by atoms with Gasteiger partial charge in [0, 0.05) is 13.0 Å². The summed E-state index contributed by atoms with van der Waals surface area (Å²) in [4.78, 5) is 11.6. The topological polar surface area (TPSA) is 75.6 Å². The third-order valence-electron chi connectivity index (χ3n) is 3.13. The van der Waals surface area contributed by atoms with Crippen molar-refractivity contribution in [3.8, 4) is 0 Å². The van der Waals surface area contributed by atoms with Gasteiger partial charge in [0.25, 0.3) is 5.91 Å². The molecule has 0 unspecified atom stereocenters. The molecule has 0 aliphatic rings. The van der Waals surface area contributed by atoms with Gasteiger partial charge in [0.05, 0.1) is 6.26 Å². The quantitative estimate of drug-likeness (QED) is 0.889. The van der Waals surface area contributed by atoms with Gasteiger partial charge in [-0.1, -0.05) is 0 Å². The van der Waals surface area contributed by atoms with E-state index in [0.29, 0.717) is 0 Å². The molecule has 0 saturated carbocycles. The number of nitrogens with one attached hydrogen (secondary N) is 1. The van der Waals surface area contributed by atoms with Gasteiger partial charge in [0.2, 0.25) is 5.60 Å². The van der Waals surface area contributed by atoms with Gasteiger partial charge in [0.1, 0.15) is 11.5 Å². The molecule has 0 aliphatic carbocycles. The van der Waals surface area contributed by atoms with E-state index in [9.17, 15) is 23.1 Å². The summed E-state index contributed by atoms with van der Waals surface area (Å²) >= 11 is 0. The van der Waals surface area contributed by atoms with Crippen LogP contribution in [-0.4, -0.2) is 23.7 Å². The van der Waals surface area contributed by atoms with E-state index >= 15 is 0 Å². The summed E-state index contributed by atoms with van der Waals surface area (Å²) in [5, 5.41) is 12.2. The molecule has 2 aromatic heterocycles. The normalized spacial score (nSPS) is 14.6. The minimum absolute atomic E-state index is 0.0237. The van der Waals surface area contributed by atoms with Gasteiger partial charge in [-0.25, -0.2) is 0 Å². The molecule has 2 heterocycles. The largest absolute Gasteiger partial charge is 0.463 e. The number of carbonyl (C=O) groups excluding carboxylic acids is 1. The van der Waals surface area contributed by atoms with E-state index in [-0.39, 0.29) is 11.5 Å². The predicted molar refractivity (Wildman–Crippen MR) is 69.1 cm³/mol. The van der Waals surface area contributed by atoms with Crippen molar-refractivity contribution in [1.82, 2.24) is 5.32 Å². The monoisotopic (exact) mass is 317 g/mol. The lowest BCUT2D eigenvalue weighted by molar-refractivity contribution is -0.274. The zero-order valence-electron chi connectivity index (χ0n) is 11.6. The van der Waals surface area contributed by atoms with Crippen molar-refractivity contribution in [2.75, 3.05) is 6.54 Å². The highest BCUT2D eigenvalue weighted by atomic mass is 19.4. The number of hydrogen-bond acceptors (Lipinski definition) is 4. The molecule has 0 saturated heterocycles. The Hall–Kier alpha value is -2.22. The van der Waals surface area contributed by atoms with Crippen molar-refractivity contribution in [3.63, 3.8) is 0 Å². The van der Waals surface area contributed by atoms with E-state index in [2.05, 4.69) is 5.32 Å². The summed E-state index contributed by atoms with van der Waals surface area (Å²) in [5.74, 6) is -1.04. The number of hydrogen-bond donors (Lipinski definition) is 2. The number of aliphatic hydroxyl groups is 1. The average Bonchev–Trinajstić information content (AvgIpc) is 3.07. The molecule has 0 radical (unpaired) electrons. The molecule has 2 rings (SSSR count). The van der Waals surface area contributed by atoms with E-state index in [1.165, 1.54) is 31.4 Å². The number of furan rings is 2. The van der Waals surface area contributed by atoms with Crippen molar-refractivity contribution < 1.29 is 31.9 Å². The van der Waals surface area contributed by atoms with E-state index < -0.39 is 36.4 Å². The summed E-state index contributed by atoms with van der Waals surface area (Å²) < 4.78 is 49.2. The van der Waals surface area contributed by atoms with E-state index in [4.69, 9.17) is 8.83 Å². The van der Waals surface area contributed by atoms with Crippen LogP contribution in [0.3, 0.4) is 0 Å². The molecule has 1 atom stereocenters. The lowest BCUT2D eigenvalue weighted by atomic mass is 9.95. The number of aryl methyl sites for hydroxylation is 1. The Kier molecular flexibility index (Phi) is 4.32. The Morgan fingerprint density at radius 2 is 2.05 bits per heavy atom. The second kappa shape index (κ2) is 5.88. The Morgan fingerprint density at radius 1 is 1.32 bits per heavy atom. The molecular formula is C14H14F3NO4. The molecule has 1 amide bonds. The SMILES string of the molecule is Cc1ccc([C@@](O)(CCNC(=O)c2ccco2)C(F)(F)F)o1. The van der Waals surface area contributed by atoms with Gasteiger partial charge < -0.3 is 19.3 Å². The maximum Gasteiger partial charge on any atom is 0.424 e. The van der Waals surface area contributed by atoms with Crippen LogP contribution in [0.1, 0.15) is 28.5 Å². The zero-order valence-corrected chi connectivity index (χ0v) is 11.6. The van der Waals surface area contributed by atoms with Crippen molar-refractivity contribution in [2.24, 2.45) is 0 Å². The molecule has 0 spiro atoms. The van der Waals surface area contributed by atoms with Gasteiger partial charge in [-0.3, -0.25) is 4.79 Å². The first-order chi connectivity index (χ1) is 10.2. The average molecular weight is 317 g/mol. The Morgan fingerprint density at radius 3 is 2.55 bits per heavy atom. The third-order valence-corrected chi connectivity index (χ3v) is 3.13. The van der Waals surface area contributed by atoms with Crippen molar-refractivity contribution in [3.05, 3.63) is 47.8 Å². The summed E-state index contributed by atoms with van der Waals surface area (Å²) in [6, 6.07) is 5.25. The minimum atomic E-state index is -4.94. The summed E-state index contributed by atoms with van der Waals surface area (Å²) in [6.45, 7) is 1.06. The minimum Gasteiger partial charge on any atom is -0.463 e. The van der Waals surface area contributed by atoms with Crippen LogP contribution in [-0.2, 0) is 5.60 Å². The molecule has 0 bridgehead atoms. The number of carbonyl (C=O) groups is 1. The molecule has 0 fully saturated rings. The maximum absolute atomic E-state index is 13.2. The Labute approximate surface area is 123 Å². The summed E-state index contributed by atoms with van der Waals surface area (Å²) in [7, 11) is 0. The molecular weight excluding hydrogens is 303 g/mol. The predicted octanol–water partition coefficient (Wildman–Crippen LogP) is 2.75. The summed E-state index contributed by atoms with van der Waals surface area (Å²) in [6.07, 6.45) is -4.45. The van der Waals surface area contributed by atoms with Crippen LogP contribution in [0.5, 0.6) is 0 Å². The van der Waals surface area contributed by atoms with Gasteiger partial charge in [-0.15, -0.1) is 0 Å². The highest BCUT2D eigenvalue weighted by Gasteiger charge is 2.56. The first-order valence-electron chi connectivity index (χ1n) is 6.42. The Balaban J connectivity index is 2.07. The van der Waals surface area contributed by atoms with Crippen LogP contribution in [0.4, 0.5) is 13.2 Å². The van der Waals surface area contributed by atoms with Gasteiger partial charge in [-0.2, -0.15) is 13.2 Å². The van der Waals surface area contributed by atoms with Crippen LogP contribution in [0, 0.1) is 6.92 Å². The van der Waals surface area contributed by atoms with Crippen molar-refractivity contribution in [1.29, 1.82) is 0 Å². The lowest BCUT2D eigenvalue weighted by Crippen LogP contribution is -2.44. The fraction of sp³-hybridized carbons (Fsp3) is 0.357. The third kappa shape index (κ3) is 3.16. The molecule has 2 N–H and O–H groups in total. The lowest BCUT2D eigenvalue weighted by Gasteiger charge is -2.28. The van der Waals surface area contributed by atoms with Gasteiger partial charge >= 0.3 is 6.18 Å².